The van der Waals surface area contributed by atoms with Gasteiger partial charge in [-0.15, -0.1) is 0 Å². The van der Waals surface area contributed by atoms with E-state index in [1.54, 1.807) is 0 Å². The molecule has 0 fully saturated rings. The molecule has 1 heteroatoms. The van der Waals surface area contributed by atoms with E-state index in [0.717, 1.165) is 6.42 Å². The van der Waals surface area contributed by atoms with Crippen molar-refractivity contribution in [1.29, 1.82) is 0 Å². The van der Waals surface area contributed by atoms with Gasteiger partial charge in [0.2, 0.25) is 0 Å². The van der Waals surface area contributed by atoms with Crippen LogP contribution < -0.4 is 5.73 Å². The minimum Gasteiger partial charge on any atom is -0.324 e. The van der Waals surface area contributed by atoms with Crippen molar-refractivity contribution in [3.8, 4) is 11.1 Å². The van der Waals surface area contributed by atoms with E-state index in [-0.39, 0.29) is 6.04 Å². The highest BCUT2D eigenvalue weighted by molar-refractivity contribution is 5.64. The summed E-state index contributed by atoms with van der Waals surface area (Å²) in [6, 6.07) is 19.1. The summed E-state index contributed by atoms with van der Waals surface area (Å²) in [5.41, 5.74) is 9.96. The van der Waals surface area contributed by atoms with Crippen LogP contribution in [0.2, 0.25) is 0 Å². The normalized spacial score (nSPS) is 12.7. The van der Waals surface area contributed by atoms with Crippen molar-refractivity contribution in [2.24, 2.45) is 11.7 Å². The Morgan fingerprint density at radius 3 is 2.22 bits per heavy atom. The van der Waals surface area contributed by atoms with E-state index in [4.69, 9.17) is 5.73 Å². The van der Waals surface area contributed by atoms with Crippen LogP contribution in [-0.4, -0.2) is 0 Å². The molecule has 0 saturated carbocycles. The van der Waals surface area contributed by atoms with Gasteiger partial charge in [-0.25, -0.2) is 0 Å². The fourth-order valence-corrected chi connectivity index (χ4v) is 2.22. The summed E-state index contributed by atoms with van der Waals surface area (Å²) in [5, 5.41) is 0. The summed E-state index contributed by atoms with van der Waals surface area (Å²) in [6.07, 6.45) is 1.03. The van der Waals surface area contributed by atoms with Crippen molar-refractivity contribution >= 4 is 0 Å². The maximum atomic E-state index is 6.24. The lowest BCUT2D eigenvalue weighted by molar-refractivity contribution is 0.510. The fourth-order valence-electron chi connectivity index (χ4n) is 2.22. The average molecular weight is 239 g/mol. The minimum absolute atomic E-state index is 0.133. The Labute approximate surface area is 110 Å². The fraction of sp³-hybridized carbons (Fsp3) is 0.294. The predicted octanol–water partition coefficient (Wildman–Crippen LogP) is 4.40. The van der Waals surface area contributed by atoms with Crippen molar-refractivity contribution < 1.29 is 0 Å². The van der Waals surface area contributed by atoms with Gasteiger partial charge in [0.15, 0.2) is 0 Å². The van der Waals surface area contributed by atoms with Gasteiger partial charge < -0.3 is 5.73 Å². The maximum absolute atomic E-state index is 6.24. The first-order chi connectivity index (χ1) is 8.66. The zero-order valence-corrected chi connectivity index (χ0v) is 11.1. The second-order valence-electron chi connectivity index (χ2n) is 5.23. The number of nitrogens with two attached hydrogens (primary N) is 1. The van der Waals surface area contributed by atoms with Crippen LogP contribution >= 0.6 is 0 Å². The molecule has 0 aliphatic rings. The molecule has 94 valence electrons. The Balaban J connectivity index is 2.25. The van der Waals surface area contributed by atoms with Crippen LogP contribution in [0.4, 0.5) is 0 Å². The van der Waals surface area contributed by atoms with Crippen molar-refractivity contribution in [3.05, 3.63) is 60.2 Å². The van der Waals surface area contributed by atoms with E-state index in [2.05, 4.69) is 62.4 Å². The summed E-state index contributed by atoms with van der Waals surface area (Å²) in [4.78, 5) is 0. The Morgan fingerprint density at radius 1 is 0.889 bits per heavy atom. The van der Waals surface area contributed by atoms with Gasteiger partial charge in [-0.2, -0.15) is 0 Å². The highest BCUT2D eigenvalue weighted by Crippen LogP contribution is 2.24. The lowest BCUT2D eigenvalue weighted by atomic mass is 9.95. The van der Waals surface area contributed by atoms with Gasteiger partial charge in [0.1, 0.15) is 0 Å². The van der Waals surface area contributed by atoms with Gasteiger partial charge in [0.25, 0.3) is 0 Å². The van der Waals surface area contributed by atoms with Crippen LogP contribution in [-0.2, 0) is 0 Å². The van der Waals surface area contributed by atoms with Crippen LogP contribution in [0.5, 0.6) is 0 Å². The third-order valence-corrected chi connectivity index (χ3v) is 3.15. The van der Waals surface area contributed by atoms with Crippen molar-refractivity contribution in [2.75, 3.05) is 0 Å². The molecule has 0 heterocycles. The van der Waals surface area contributed by atoms with Gasteiger partial charge in [0.05, 0.1) is 0 Å². The van der Waals surface area contributed by atoms with Gasteiger partial charge in [-0.1, -0.05) is 62.4 Å². The number of rotatable bonds is 4. The quantitative estimate of drug-likeness (QED) is 0.840. The molecule has 1 atom stereocenters. The van der Waals surface area contributed by atoms with Gasteiger partial charge >= 0.3 is 0 Å². The van der Waals surface area contributed by atoms with Gasteiger partial charge in [-0.05, 0) is 35.1 Å². The van der Waals surface area contributed by atoms with E-state index < -0.39 is 0 Å². The third kappa shape index (κ3) is 3.21. The number of benzene rings is 2. The summed E-state index contributed by atoms with van der Waals surface area (Å²) in [6.45, 7) is 4.42. The van der Waals surface area contributed by atoms with Crippen LogP contribution in [0.25, 0.3) is 11.1 Å². The molecule has 2 aromatic rings. The van der Waals surface area contributed by atoms with Crippen LogP contribution in [0.3, 0.4) is 0 Å². The molecular formula is C17H21N. The monoisotopic (exact) mass is 239 g/mol. The molecule has 0 spiro atoms. The molecule has 0 amide bonds. The maximum Gasteiger partial charge on any atom is 0.0297 e. The second kappa shape index (κ2) is 5.83. The molecule has 2 N–H and O–H groups in total. The SMILES string of the molecule is CC(C)C[C@H](N)c1cccc(-c2ccccc2)c1. The van der Waals surface area contributed by atoms with Crippen molar-refractivity contribution in [1.82, 2.24) is 0 Å². The van der Waals surface area contributed by atoms with Gasteiger partial charge in [-0.3, -0.25) is 0 Å². The molecule has 0 aliphatic carbocycles. The van der Waals surface area contributed by atoms with Crippen LogP contribution in [0, 0.1) is 5.92 Å². The Hall–Kier alpha value is -1.60. The molecule has 2 aromatic carbocycles. The minimum atomic E-state index is 0.133. The molecular weight excluding hydrogens is 218 g/mol. The largest absolute Gasteiger partial charge is 0.324 e. The summed E-state index contributed by atoms with van der Waals surface area (Å²) in [7, 11) is 0. The predicted molar refractivity (Wildman–Crippen MR) is 78.3 cm³/mol. The summed E-state index contributed by atoms with van der Waals surface area (Å²) >= 11 is 0. The first-order valence-corrected chi connectivity index (χ1v) is 6.58. The van der Waals surface area contributed by atoms with E-state index >= 15 is 0 Å². The zero-order chi connectivity index (χ0) is 13.0. The lowest BCUT2D eigenvalue weighted by Crippen LogP contribution is -2.12. The molecule has 1 nitrogen and oxygen atoms in total. The first-order valence-electron chi connectivity index (χ1n) is 6.58. The van der Waals surface area contributed by atoms with Gasteiger partial charge in [0, 0.05) is 6.04 Å². The molecule has 0 bridgehead atoms. The summed E-state index contributed by atoms with van der Waals surface area (Å²) < 4.78 is 0. The van der Waals surface area contributed by atoms with Crippen LogP contribution in [0.15, 0.2) is 54.6 Å². The van der Waals surface area contributed by atoms with E-state index in [1.807, 2.05) is 6.07 Å². The molecule has 2 rings (SSSR count). The summed E-state index contributed by atoms with van der Waals surface area (Å²) in [5.74, 6) is 0.625. The Morgan fingerprint density at radius 2 is 1.56 bits per heavy atom. The van der Waals surface area contributed by atoms with E-state index in [9.17, 15) is 0 Å². The highest BCUT2D eigenvalue weighted by atomic mass is 14.6. The topological polar surface area (TPSA) is 26.0 Å². The first kappa shape index (κ1) is 12.8. The Kier molecular flexibility index (Phi) is 4.16. The molecule has 0 unspecified atom stereocenters. The van der Waals surface area contributed by atoms with Crippen LogP contribution in [0.1, 0.15) is 31.9 Å². The molecule has 18 heavy (non-hydrogen) atoms. The zero-order valence-electron chi connectivity index (χ0n) is 11.1. The van der Waals surface area contributed by atoms with E-state index in [1.165, 1.54) is 16.7 Å². The van der Waals surface area contributed by atoms with Crippen molar-refractivity contribution in [3.63, 3.8) is 0 Å². The second-order valence-corrected chi connectivity index (χ2v) is 5.23. The Bertz CT molecular complexity index is 488. The standard InChI is InChI=1S/C17H21N/c1-13(2)11-17(18)16-10-6-9-15(12-16)14-7-4-3-5-8-14/h3-10,12-13,17H,11,18H2,1-2H3/t17-/m0/s1. The lowest BCUT2D eigenvalue weighted by Gasteiger charge is -2.15. The average Bonchev–Trinajstić information content (AvgIpc) is 2.39. The number of hydrogen-bond donors (Lipinski definition) is 1. The molecule has 0 saturated heterocycles. The van der Waals surface area contributed by atoms with Crippen molar-refractivity contribution in [2.45, 2.75) is 26.3 Å². The highest BCUT2D eigenvalue weighted by Gasteiger charge is 2.09. The number of hydrogen-bond acceptors (Lipinski definition) is 1. The van der Waals surface area contributed by atoms with E-state index in [0.29, 0.717) is 5.92 Å². The third-order valence-electron chi connectivity index (χ3n) is 3.15. The molecule has 0 aromatic heterocycles. The smallest absolute Gasteiger partial charge is 0.0297 e. The molecule has 0 radical (unpaired) electrons. The molecule has 0 aliphatic heterocycles.